The van der Waals surface area contributed by atoms with Gasteiger partial charge in [-0.15, -0.1) is 23.1 Å². The van der Waals surface area contributed by atoms with Crippen molar-refractivity contribution >= 4 is 63.6 Å². The monoisotopic (exact) mass is 624 g/mol. The Morgan fingerprint density at radius 2 is 2.00 bits per heavy atom. The van der Waals surface area contributed by atoms with Crippen molar-refractivity contribution in [3.8, 4) is 0 Å². The molecule has 228 valence electrons. The van der Waals surface area contributed by atoms with E-state index in [0.29, 0.717) is 12.3 Å². The van der Waals surface area contributed by atoms with Crippen LogP contribution >= 0.6 is 23.1 Å². The number of carbonyl (C=O) groups is 5. The van der Waals surface area contributed by atoms with Gasteiger partial charge in [0.15, 0.2) is 10.8 Å². The number of thioether (sulfide) groups is 1. The maximum atomic E-state index is 13.0. The first kappa shape index (κ1) is 31.2. The van der Waals surface area contributed by atoms with Crippen molar-refractivity contribution in [2.24, 2.45) is 5.16 Å². The molecule has 0 aromatic carbocycles. The molecule has 3 amide bonds. The fourth-order valence-corrected chi connectivity index (χ4v) is 7.29. The predicted molar refractivity (Wildman–Crippen MR) is 153 cm³/mol. The maximum Gasteiger partial charge on any atom is 0.352 e. The van der Waals surface area contributed by atoms with Gasteiger partial charge in [-0.1, -0.05) is 5.16 Å². The molecule has 2 fully saturated rings. The molecule has 17 heteroatoms. The molecule has 0 spiro atoms. The van der Waals surface area contributed by atoms with Crippen LogP contribution in [0.15, 0.2) is 21.8 Å². The van der Waals surface area contributed by atoms with Crippen LogP contribution in [-0.4, -0.2) is 117 Å². The van der Waals surface area contributed by atoms with E-state index in [9.17, 15) is 34.2 Å². The van der Waals surface area contributed by atoms with Gasteiger partial charge in [-0.3, -0.25) is 19.3 Å². The van der Waals surface area contributed by atoms with Gasteiger partial charge in [0, 0.05) is 36.0 Å². The summed E-state index contributed by atoms with van der Waals surface area (Å²) in [5, 5.41) is 29.3. The predicted octanol–water partition coefficient (Wildman–Crippen LogP) is -0.205. The summed E-state index contributed by atoms with van der Waals surface area (Å²) in [4.78, 5) is 72.2. The number of nitrogens with two attached hydrogens (primary N) is 1. The first-order valence-electron chi connectivity index (χ1n) is 13.3. The fourth-order valence-electron chi connectivity index (χ4n) is 5.41. The topological polar surface area (TPSA) is 214 Å². The van der Waals surface area contributed by atoms with Crippen molar-refractivity contribution < 1.29 is 43.5 Å². The van der Waals surface area contributed by atoms with Crippen molar-refractivity contribution in [3.63, 3.8) is 0 Å². The average molecular weight is 625 g/mol. The first-order chi connectivity index (χ1) is 19.9. The van der Waals surface area contributed by atoms with Crippen LogP contribution in [0.1, 0.15) is 37.8 Å². The van der Waals surface area contributed by atoms with E-state index in [1.165, 1.54) is 29.2 Å². The van der Waals surface area contributed by atoms with E-state index in [-0.39, 0.29) is 41.5 Å². The van der Waals surface area contributed by atoms with Crippen molar-refractivity contribution in [2.45, 2.75) is 49.6 Å². The molecule has 42 heavy (non-hydrogen) atoms. The number of nitrogen functional groups attached to an aromatic ring is 1. The van der Waals surface area contributed by atoms with Crippen LogP contribution in [0.2, 0.25) is 0 Å². The number of likely N-dealkylation sites (tertiary alicyclic amines) is 1. The van der Waals surface area contributed by atoms with E-state index in [1.54, 1.807) is 0 Å². The van der Waals surface area contributed by atoms with Crippen molar-refractivity contribution in [1.82, 2.24) is 20.5 Å². The van der Waals surface area contributed by atoms with Gasteiger partial charge >= 0.3 is 11.9 Å². The average Bonchev–Trinajstić information content (AvgIpc) is 3.56. The second-order valence-electron chi connectivity index (χ2n) is 10.6. The number of carboxylic acids is 2. The zero-order valence-corrected chi connectivity index (χ0v) is 24.8. The van der Waals surface area contributed by atoms with Crippen LogP contribution in [0.25, 0.3) is 0 Å². The molecule has 1 aromatic heterocycles. The number of amides is 3. The number of likely N-dealkylation sites (N-methyl/N-ethyl adjacent to an activating group) is 1. The van der Waals surface area contributed by atoms with Crippen molar-refractivity contribution in [2.75, 3.05) is 45.3 Å². The summed E-state index contributed by atoms with van der Waals surface area (Å²) in [5.41, 5.74) is 6.22. The van der Waals surface area contributed by atoms with E-state index in [2.05, 4.69) is 32.7 Å². The minimum absolute atomic E-state index is 0.0114. The number of aliphatic carboxylic acids is 2. The number of hydrogen-bond acceptors (Lipinski definition) is 11. The van der Waals surface area contributed by atoms with Gasteiger partial charge in [-0.25, -0.2) is 14.6 Å². The minimum Gasteiger partial charge on any atom is -0.480 e. The van der Waals surface area contributed by atoms with E-state index in [1.807, 2.05) is 0 Å². The number of oxime groups is 1. The molecule has 4 heterocycles. The molecule has 0 radical (unpaired) electrons. The third kappa shape index (κ3) is 6.84. The number of carbonyl (C=O) groups excluding carboxylic acids is 3. The SMILES string of the molecule is CO/N=C(\C(=O)NC(CCCC(=O)N[C@@H]1C(=O)N2C(C(=O)O)=C(C[N+]3(C)CCCC3)CS[C@H]12)C(=O)O)c1csc(N)n1. The van der Waals surface area contributed by atoms with E-state index < -0.39 is 47.1 Å². The number of quaternary nitrogens is 1. The molecule has 3 aliphatic heterocycles. The summed E-state index contributed by atoms with van der Waals surface area (Å²) in [6, 6.07) is -2.21. The number of nitrogens with zero attached hydrogens (tertiary/aromatic N) is 4. The van der Waals surface area contributed by atoms with Gasteiger partial charge in [0.05, 0.1) is 20.1 Å². The lowest BCUT2D eigenvalue weighted by Gasteiger charge is -2.50. The highest BCUT2D eigenvalue weighted by molar-refractivity contribution is 8.00. The largest absolute Gasteiger partial charge is 0.480 e. The Morgan fingerprint density at radius 1 is 1.29 bits per heavy atom. The van der Waals surface area contributed by atoms with E-state index in [4.69, 9.17) is 5.73 Å². The maximum absolute atomic E-state index is 13.0. The van der Waals surface area contributed by atoms with Crippen LogP contribution in [0.3, 0.4) is 0 Å². The molecule has 3 aliphatic rings. The Hall–Kier alpha value is -3.70. The Labute approximate surface area is 249 Å². The molecule has 1 aromatic rings. The second kappa shape index (κ2) is 13.1. The van der Waals surface area contributed by atoms with Gasteiger partial charge in [-0.2, -0.15) is 0 Å². The summed E-state index contributed by atoms with van der Waals surface area (Å²) < 4.78 is 0.747. The molecule has 4 rings (SSSR count). The van der Waals surface area contributed by atoms with Crippen LogP contribution in [0, 0.1) is 0 Å². The fraction of sp³-hybridized carbons (Fsp3) is 0.560. The Bertz CT molecular complexity index is 1320. The Balaban J connectivity index is 1.30. The molecule has 3 atom stereocenters. The van der Waals surface area contributed by atoms with Crippen LogP contribution in [0.4, 0.5) is 5.13 Å². The molecule has 15 nitrogen and oxygen atoms in total. The highest BCUT2D eigenvalue weighted by Crippen LogP contribution is 2.41. The van der Waals surface area contributed by atoms with Crippen molar-refractivity contribution in [1.29, 1.82) is 0 Å². The van der Waals surface area contributed by atoms with Gasteiger partial charge in [-0.05, 0) is 12.8 Å². The highest BCUT2D eigenvalue weighted by Gasteiger charge is 2.54. The number of hydrogen-bond donors (Lipinski definition) is 5. The molecular weight excluding hydrogens is 590 g/mol. The number of fused-ring (bicyclic) bond motifs is 1. The van der Waals surface area contributed by atoms with Gasteiger partial charge in [0.1, 0.15) is 42.5 Å². The van der Waals surface area contributed by atoms with Crippen LogP contribution in [0.5, 0.6) is 0 Å². The lowest BCUT2D eigenvalue weighted by molar-refractivity contribution is -0.893. The number of aromatic nitrogens is 1. The third-order valence-corrected chi connectivity index (χ3v) is 9.46. The van der Waals surface area contributed by atoms with E-state index >= 15 is 0 Å². The normalized spacial score (nSPS) is 22.2. The smallest absolute Gasteiger partial charge is 0.352 e. The lowest BCUT2D eigenvalue weighted by atomic mass is 10.0. The summed E-state index contributed by atoms with van der Waals surface area (Å²) in [6.45, 7) is 2.50. The van der Waals surface area contributed by atoms with Crippen LogP contribution < -0.4 is 16.4 Å². The number of β-lactam (4-membered cyclic amide) rings is 1. The molecule has 2 saturated heterocycles. The Morgan fingerprint density at radius 3 is 2.60 bits per heavy atom. The van der Waals surface area contributed by atoms with Crippen LogP contribution in [-0.2, 0) is 28.8 Å². The Kier molecular flexibility index (Phi) is 9.73. The van der Waals surface area contributed by atoms with Gasteiger partial charge in [0.2, 0.25) is 5.91 Å². The number of thiazole rings is 1. The number of anilines is 1. The zero-order chi connectivity index (χ0) is 30.6. The van der Waals surface area contributed by atoms with E-state index in [0.717, 1.165) is 47.3 Å². The molecule has 6 N–H and O–H groups in total. The summed E-state index contributed by atoms with van der Waals surface area (Å²) in [7, 11) is 3.32. The standard InChI is InChI=1S/C25H33N7O8S2/c1-32(8-3-4-9-32)10-13-11-41-22-18(21(35)31(22)19(13)24(38)39)29-16(33)7-5-6-14(23(36)37)27-20(34)17(30-40-2)15-12-42-25(26)28-15/h12,14,18,22H,3-11H2,1-2H3,(H5-,26,27,28,29,33,34,36,37,38,39)/p+1/b30-17-/t14?,18-,22-/m1/s1. The number of rotatable bonds is 13. The molecular formula is C25H34N7O8S2+. The summed E-state index contributed by atoms with van der Waals surface area (Å²) >= 11 is 2.50. The third-order valence-electron chi connectivity index (χ3n) is 7.45. The number of carboxylic acid groups (broad SMARTS) is 2. The molecule has 0 saturated carbocycles. The van der Waals surface area contributed by atoms with Crippen molar-refractivity contribution in [3.05, 3.63) is 22.3 Å². The zero-order valence-electron chi connectivity index (χ0n) is 23.2. The molecule has 0 bridgehead atoms. The minimum atomic E-state index is -1.33. The van der Waals surface area contributed by atoms with Gasteiger partial charge < -0.3 is 35.9 Å². The van der Waals surface area contributed by atoms with Gasteiger partial charge in [0.25, 0.3) is 11.8 Å². The highest BCUT2D eigenvalue weighted by atomic mass is 32.2. The lowest BCUT2D eigenvalue weighted by Crippen LogP contribution is -2.70. The molecule has 1 unspecified atom stereocenters. The summed E-state index contributed by atoms with van der Waals surface area (Å²) in [5.74, 6) is -3.81. The first-order valence-corrected chi connectivity index (χ1v) is 15.3. The number of nitrogens with one attached hydrogen (secondary N) is 2. The quantitative estimate of drug-likeness (QED) is 0.0838. The molecule has 0 aliphatic carbocycles. The second-order valence-corrected chi connectivity index (χ2v) is 12.6. The summed E-state index contributed by atoms with van der Waals surface area (Å²) in [6.07, 6.45) is 2.08.